The first kappa shape index (κ1) is 13.7. The summed E-state index contributed by atoms with van der Waals surface area (Å²) in [5.41, 5.74) is 0.999. The van der Waals surface area contributed by atoms with Crippen molar-refractivity contribution in [3.05, 3.63) is 23.1 Å². The van der Waals surface area contributed by atoms with Crippen LogP contribution >= 0.6 is 0 Å². The number of aryl methyl sites for hydroxylation is 1. The molecule has 0 spiro atoms. The van der Waals surface area contributed by atoms with Crippen molar-refractivity contribution in [3.8, 4) is 5.88 Å². The van der Waals surface area contributed by atoms with Gasteiger partial charge in [-0.2, -0.15) is 0 Å². The fourth-order valence-electron chi connectivity index (χ4n) is 2.16. The van der Waals surface area contributed by atoms with Crippen LogP contribution in [0.2, 0.25) is 0 Å². The molecule has 19 heavy (non-hydrogen) atoms. The van der Waals surface area contributed by atoms with Gasteiger partial charge in [0.2, 0.25) is 11.8 Å². The third-order valence-corrected chi connectivity index (χ3v) is 3.13. The van der Waals surface area contributed by atoms with Crippen LogP contribution in [0.4, 0.5) is 4.39 Å². The number of rotatable bonds is 5. The Kier molecular flexibility index (Phi) is 4.31. The number of pyridine rings is 1. The molecule has 1 amide bonds. The van der Waals surface area contributed by atoms with E-state index in [4.69, 9.17) is 4.74 Å². The molecule has 0 unspecified atom stereocenters. The standard InChI is InChI=1S/C13H18FN3O2/c1-8-5-11(14)10(13(16-8)19-2)7-15-6-9-3-4-12(18)17-9/h5,9,15H,3-4,6-7H2,1-2H3,(H,17,18)/t9-/m0/s1. The highest BCUT2D eigenvalue weighted by atomic mass is 19.1. The summed E-state index contributed by atoms with van der Waals surface area (Å²) in [7, 11) is 1.47. The predicted molar refractivity (Wildman–Crippen MR) is 68.4 cm³/mol. The van der Waals surface area contributed by atoms with Crippen LogP contribution in [0.3, 0.4) is 0 Å². The van der Waals surface area contributed by atoms with E-state index in [-0.39, 0.29) is 17.8 Å². The number of carbonyl (C=O) groups is 1. The number of nitrogens with one attached hydrogen (secondary N) is 2. The second-order valence-electron chi connectivity index (χ2n) is 4.67. The molecule has 0 aromatic carbocycles. The first-order valence-corrected chi connectivity index (χ1v) is 6.30. The lowest BCUT2D eigenvalue weighted by Crippen LogP contribution is -2.35. The van der Waals surface area contributed by atoms with Crippen molar-refractivity contribution in [1.29, 1.82) is 0 Å². The molecule has 0 bridgehead atoms. The van der Waals surface area contributed by atoms with Gasteiger partial charge in [0, 0.05) is 31.2 Å². The van der Waals surface area contributed by atoms with Gasteiger partial charge in [-0.05, 0) is 19.4 Å². The van der Waals surface area contributed by atoms with E-state index in [1.807, 2.05) is 0 Å². The van der Waals surface area contributed by atoms with Gasteiger partial charge >= 0.3 is 0 Å². The molecule has 2 N–H and O–H groups in total. The molecule has 1 aliphatic rings. The molecule has 0 radical (unpaired) electrons. The molecular weight excluding hydrogens is 249 g/mol. The van der Waals surface area contributed by atoms with Gasteiger partial charge in [-0.25, -0.2) is 9.37 Å². The molecule has 0 saturated carbocycles. The fraction of sp³-hybridized carbons (Fsp3) is 0.538. The van der Waals surface area contributed by atoms with Crippen LogP contribution < -0.4 is 15.4 Å². The third kappa shape index (κ3) is 3.41. The molecule has 1 aliphatic heterocycles. The van der Waals surface area contributed by atoms with Crippen LogP contribution in [0.5, 0.6) is 5.88 Å². The van der Waals surface area contributed by atoms with Gasteiger partial charge in [-0.3, -0.25) is 4.79 Å². The molecule has 2 heterocycles. The number of nitrogens with zero attached hydrogens (tertiary/aromatic N) is 1. The van der Waals surface area contributed by atoms with E-state index in [0.717, 1.165) is 6.42 Å². The highest BCUT2D eigenvalue weighted by Crippen LogP contribution is 2.19. The van der Waals surface area contributed by atoms with E-state index in [1.54, 1.807) is 6.92 Å². The number of carbonyl (C=O) groups excluding carboxylic acids is 1. The first-order valence-electron chi connectivity index (χ1n) is 6.30. The van der Waals surface area contributed by atoms with E-state index < -0.39 is 0 Å². The average molecular weight is 267 g/mol. The van der Waals surface area contributed by atoms with Crippen molar-refractivity contribution in [3.63, 3.8) is 0 Å². The first-order chi connectivity index (χ1) is 9.10. The van der Waals surface area contributed by atoms with E-state index in [1.165, 1.54) is 13.2 Å². The number of methoxy groups -OCH3 is 1. The zero-order chi connectivity index (χ0) is 13.8. The fourth-order valence-corrected chi connectivity index (χ4v) is 2.16. The molecule has 1 fully saturated rings. The third-order valence-electron chi connectivity index (χ3n) is 3.13. The number of ether oxygens (including phenoxy) is 1. The van der Waals surface area contributed by atoms with Crippen LogP contribution in [0, 0.1) is 12.7 Å². The van der Waals surface area contributed by atoms with Crippen LogP contribution in [0.25, 0.3) is 0 Å². The summed E-state index contributed by atoms with van der Waals surface area (Å²) in [6.45, 7) is 2.66. The predicted octanol–water partition coefficient (Wildman–Crippen LogP) is 0.906. The molecule has 1 saturated heterocycles. The maximum atomic E-state index is 13.8. The summed E-state index contributed by atoms with van der Waals surface area (Å²) in [5, 5.41) is 5.97. The Labute approximate surface area is 111 Å². The highest BCUT2D eigenvalue weighted by Gasteiger charge is 2.20. The van der Waals surface area contributed by atoms with Crippen molar-refractivity contribution >= 4 is 5.91 Å². The lowest BCUT2D eigenvalue weighted by Gasteiger charge is -2.13. The largest absolute Gasteiger partial charge is 0.481 e. The summed E-state index contributed by atoms with van der Waals surface area (Å²) < 4.78 is 18.9. The maximum Gasteiger partial charge on any atom is 0.220 e. The van der Waals surface area contributed by atoms with Crippen LogP contribution in [0.1, 0.15) is 24.1 Å². The summed E-state index contributed by atoms with van der Waals surface area (Å²) in [6, 6.07) is 1.51. The zero-order valence-corrected chi connectivity index (χ0v) is 11.1. The quantitative estimate of drug-likeness (QED) is 0.832. The summed E-state index contributed by atoms with van der Waals surface area (Å²) in [4.78, 5) is 15.2. The lowest BCUT2D eigenvalue weighted by atomic mass is 10.2. The minimum atomic E-state index is -0.327. The normalized spacial score (nSPS) is 18.5. The lowest BCUT2D eigenvalue weighted by molar-refractivity contribution is -0.119. The molecule has 1 aromatic rings. The zero-order valence-electron chi connectivity index (χ0n) is 11.1. The molecule has 1 atom stereocenters. The minimum absolute atomic E-state index is 0.0764. The van der Waals surface area contributed by atoms with Crippen molar-refractivity contribution in [2.45, 2.75) is 32.4 Å². The minimum Gasteiger partial charge on any atom is -0.481 e. The molecule has 6 heteroatoms. The average Bonchev–Trinajstić information content (AvgIpc) is 2.77. The Balaban J connectivity index is 1.93. The SMILES string of the molecule is COc1nc(C)cc(F)c1CNC[C@@H]1CCC(=O)N1. The molecule has 1 aromatic heterocycles. The van der Waals surface area contributed by atoms with Gasteiger partial charge in [0.15, 0.2) is 0 Å². The van der Waals surface area contributed by atoms with E-state index in [0.29, 0.717) is 36.6 Å². The van der Waals surface area contributed by atoms with Crippen molar-refractivity contribution in [1.82, 2.24) is 15.6 Å². The van der Waals surface area contributed by atoms with Crippen molar-refractivity contribution in [2.75, 3.05) is 13.7 Å². The second kappa shape index (κ2) is 5.97. The van der Waals surface area contributed by atoms with Gasteiger partial charge in [0.25, 0.3) is 0 Å². The maximum absolute atomic E-state index is 13.8. The van der Waals surface area contributed by atoms with E-state index in [2.05, 4.69) is 15.6 Å². The van der Waals surface area contributed by atoms with Crippen molar-refractivity contribution < 1.29 is 13.9 Å². The topological polar surface area (TPSA) is 63.2 Å². The number of halogens is 1. The van der Waals surface area contributed by atoms with Crippen LogP contribution in [-0.4, -0.2) is 30.6 Å². The number of amides is 1. The van der Waals surface area contributed by atoms with Crippen LogP contribution in [-0.2, 0) is 11.3 Å². The number of hydrogen-bond acceptors (Lipinski definition) is 4. The monoisotopic (exact) mass is 267 g/mol. The summed E-state index contributed by atoms with van der Waals surface area (Å²) in [5.74, 6) is 0.0559. The van der Waals surface area contributed by atoms with Crippen molar-refractivity contribution in [2.24, 2.45) is 0 Å². The highest BCUT2D eigenvalue weighted by molar-refractivity contribution is 5.78. The van der Waals surface area contributed by atoms with E-state index in [9.17, 15) is 9.18 Å². The van der Waals surface area contributed by atoms with Gasteiger partial charge < -0.3 is 15.4 Å². The Morgan fingerprint density at radius 3 is 3.05 bits per heavy atom. The molecule has 2 rings (SSSR count). The molecular formula is C13H18FN3O2. The van der Waals surface area contributed by atoms with Gasteiger partial charge in [-0.15, -0.1) is 0 Å². The Hall–Kier alpha value is -1.69. The summed E-state index contributed by atoms with van der Waals surface area (Å²) >= 11 is 0. The van der Waals surface area contributed by atoms with Gasteiger partial charge in [0.1, 0.15) is 5.82 Å². The second-order valence-corrected chi connectivity index (χ2v) is 4.67. The number of hydrogen-bond donors (Lipinski definition) is 2. The molecule has 104 valence electrons. The molecule has 5 nitrogen and oxygen atoms in total. The smallest absolute Gasteiger partial charge is 0.220 e. The Morgan fingerprint density at radius 2 is 2.42 bits per heavy atom. The van der Waals surface area contributed by atoms with Gasteiger partial charge in [0.05, 0.1) is 12.7 Å². The Bertz CT molecular complexity index is 479. The number of aromatic nitrogens is 1. The molecule has 0 aliphatic carbocycles. The van der Waals surface area contributed by atoms with E-state index >= 15 is 0 Å². The summed E-state index contributed by atoms with van der Waals surface area (Å²) in [6.07, 6.45) is 1.38. The Morgan fingerprint density at radius 1 is 1.63 bits per heavy atom. The van der Waals surface area contributed by atoms with Crippen LogP contribution in [0.15, 0.2) is 6.07 Å². The van der Waals surface area contributed by atoms with Gasteiger partial charge in [-0.1, -0.05) is 0 Å².